The first-order chi connectivity index (χ1) is 14.5. The van der Waals surface area contributed by atoms with E-state index in [2.05, 4.69) is 48.0 Å². The number of benzene rings is 3. The third kappa shape index (κ3) is 4.25. The lowest BCUT2D eigenvalue weighted by Crippen LogP contribution is -2.26. The summed E-state index contributed by atoms with van der Waals surface area (Å²) in [5, 5.41) is 2.91. The fourth-order valence-corrected chi connectivity index (χ4v) is 3.62. The molecule has 1 aromatic heterocycles. The quantitative estimate of drug-likeness (QED) is 0.504. The molecule has 30 heavy (non-hydrogen) atoms. The largest absolute Gasteiger partial charge is 0.352 e. The first kappa shape index (κ1) is 19.8. The van der Waals surface area contributed by atoms with Crippen molar-refractivity contribution in [3.8, 4) is 0 Å². The molecule has 4 aromatic rings. The SMILES string of the molecule is Cc1ccc(C)c(Cn2c(CCNC(=O)c3ccc(F)cc3)nc3ccccc32)c1. The van der Waals surface area contributed by atoms with Crippen LogP contribution in [0.15, 0.2) is 66.7 Å². The second kappa shape index (κ2) is 8.49. The molecule has 0 atom stereocenters. The second-order valence-corrected chi connectivity index (χ2v) is 7.55. The van der Waals surface area contributed by atoms with E-state index < -0.39 is 0 Å². The highest BCUT2D eigenvalue weighted by Crippen LogP contribution is 2.20. The van der Waals surface area contributed by atoms with Crippen LogP contribution >= 0.6 is 0 Å². The zero-order chi connectivity index (χ0) is 21.1. The first-order valence-corrected chi connectivity index (χ1v) is 10.1. The maximum Gasteiger partial charge on any atom is 0.251 e. The molecule has 152 valence electrons. The summed E-state index contributed by atoms with van der Waals surface area (Å²) < 4.78 is 15.3. The Labute approximate surface area is 175 Å². The lowest BCUT2D eigenvalue weighted by Gasteiger charge is -2.13. The average molecular weight is 401 g/mol. The number of aromatic nitrogens is 2. The maximum absolute atomic E-state index is 13.1. The number of aryl methyl sites for hydroxylation is 2. The van der Waals surface area contributed by atoms with Crippen LogP contribution in [0.4, 0.5) is 4.39 Å². The number of fused-ring (bicyclic) bond motifs is 1. The number of para-hydroxylation sites is 2. The highest BCUT2D eigenvalue weighted by molar-refractivity contribution is 5.94. The molecule has 4 rings (SSSR count). The molecule has 1 amide bonds. The van der Waals surface area contributed by atoms with Crippen molar-refractivity contribution in [3.63, 3.8) is 0 Å². The molecule has 3 aromatic carbocycles. The molecule has 4 nitrogen and oxygen atoms in total. The number of nitrogens with zero attached hydrogens (tertiary/aromatic N) is 2. The van der Waals surface area contributed by atoms with E-state index in [-0.39, 0.29) is 11.7 Å². The lowest BCUT2D eigenvalue weighted by molar-refractivity contribution is 0.0954. The molecule has 0 unspecified atom stereocenters. The van der Waals surface area contributed by atoms with Crippen molar-refractivity contribution in [2.75, 3.05) is 6.54 Å². The molecule has 0 fully saturated rings. The van der Waals surface area contributed by atoms with E-state index in [1.165, 1.54) is 41.0 Å². The Balaban J connectivity index is 1.55. The molecule has 0 aliphatic heterocycles. The minimum absolute atomic E-state index is 0.216. The molecule has 0 saturated carbocycles. The van der Waals surface area contributed by atoms with Crippen molar-refractivity contribution in [2.24, 2.45) is 0 Å². The topological polar surface area (TPSA) is 46.9 Å². The van der Waals surface area contributed by atoms with Crippen molar-refractivity contribution < 1.29 is 9.18 Å². The molecule has 0 saturated heterocycles. The smallest absolute Gasteiger partial charge is 0.251 e. The molecule has 0 bridgehead atoms. The van der Waals surface area contributed by atoms with Crippen molar-refractivity contribution in [3.05, 3.63) is 101 Å². The van der Waals surface area contributed by atoms with Gasteiger partial charge in [0.05, 0.1) is 11.0 Å². The van der Waals surface area contributed by atoms with E-state index >= 15 is 0 Å². The summed E-state index contributed by atoms with van der Waals surface area (Å²) >= 11 is 0. The normalized spacial score (nSPS) is 11.0. The van der Waals surface area contributed by atoms with Crippen LogP contribution in [0.3, 0.4) is 0 Å². The molecule has 1 N–H and O–H groups in total. The monoisotopic (exact) mass is 401 g/mol. The fourth-order valence-electron chi connectivity index (χ4n) is 3.62. The summed E-state index contributed by atoms with van der Waals surface area (Å²) in [6.45, 7) is 5.40. The zero-order valence-corrected chi connectivity index (χ0v) is 17.2. The number of hydrogen-bond acceptors (Lipinski definition) is 2. The molecular formula is C25H24FN3O. The van der Waals surface area contributed by atoms with Gasteiger partial charge in [0, 0.05) is 25.1 Å². The van der Waals surface area contributed by atoms with Crippen LogP contribution in [-0.2, 0) is 13.0 Å². The van der Waals surface area contributed by atoms with Crippen LogP contribution < -0.4 is 5.32 Å². The van der Waals surface area contributed by atoms with Crippen molar-refractivity contribution >= 4 is 16.9 Å². The van der Waals surface area contributed by atoms with Gasteiger partial charge in [0.1, 0.15) is 11.6 Å². The number of rotatable bonds is 6. The third-order valence-corrected chi connectivity index (χ3v) is 5.31. The zero-order valence-electron chi connectivity index (χ0n) is 17.2. The van der Waals surface area contributed by atoms with Crippen LogP contribution in [0.2, 0.25) is 0 Å². The molecule has 0 radical (unpaired) electrons. The number of imidazole rings is 1. The van der Waals surface area contributed by atoms with E-state index in [1.54, 1.807) is 0 Å². The summed E-state index contributed by atoms with van der Waals surface area (Å²) in [6, 6.07) is 20.1. The summed E-state index contributed by atoms with van der Waals surface area (Å²) in [4.78, 5) is 17.1. The van der Waals surface area contributed by atoms with Gasteiger partial charge in [-0.15, -0.1) is 0 Å². The van der Waals surface area contributed by atoms with Crippen LogP contribution in [-0.4, -0.2) is 22.0 Å². The third-order valence-electron chi connectivity index (χ3n) is 5.31. The van der Waals surface area contributed by atoms with Gasteiger partial charge >= 0.3 is 0 Å². The Hall–Kier alpha value is -3.47. The second-order valence-electron chi connectivity index (χ2n) is 7.55. The Morgan fingerprint density at radius 1 is 1.03 bits per heavy atom. The number of amides is 1. The van der Waals surface area contributed by atoms with Gasteiger partial charge in [-0.1, -0.05) is 35.9 Å². The van der Waals surface area contributed by atoms with Gasteiger partial charge in [-0.25, -0.2) is 9.37 Å². The van der Waals surface area contributed by atoms with E-state index in [0.29, 0.717) is 18.5 Å². The van der Waals surface area contributed by atoms with Crippen LogP contribution in [0.5, 0.6) is 0 Å². The highest BCUT2D eigenvalue weighted by atomic mass is 19.1. The molecule has 0 aliphatic carbocycles. The molecule has 0 aliphatic rings. The predicted octanol–water partition coefficient (Wildman–Crippen LogP) is 4.81. The summed E-state index contributed by atoms with van der Waals surface area (Å²) in [6.07, 6.45) is 0.604. The van der Waals surface area contributed by atoms with Crippen LogP contribution in [0, 0.1) is 19.7 Å². The number of carbonyl (C=O) groups is 1. The van der Waals surface area contributed by atoms with Gasteiger partial charge in [-0.05, 0) is 61.4 Å². The average Bonchev–Trinajstić information content (AvgIpc) is 3.08. The van der Waals surface area contributed by atoms with Crippen molar-refractivity contribution in [1.29, 1.82) is 0 Å². The van der Waals surface area contributed by atoms with E-state index in [1.807, 2.05) is 18.2 Å². The maximum atomic E-state index is 13.1. The number of hydrogen-bond donors (Lipinski definition) is 1. The Kier molecular flexibility index (Phi) is 5.61. The standard InChI is InChI=1S/C25H24FN3O/c1-17-7-8-18(2)20(15-17)16-29-23-6-4-3-5-22(23)28-24(29)13-14-27-25(30)19-9-11-21(26)12-10-19/h3-12,15H,13-14,16H2,1-2H3,(H,27,30). The van der Waals surface area contributed by atoms with Crippen LogP contribution in [0.1, 0.15) is 32.9 Å². The summed E-state index contributed by atoms with van der Waals surface area (Å²) in [5.74, 6) is 0.357. The van der Waals surface area contributed by atoms with E-state index in [0.717, 1.165) is 23.4 Å². The molecular weight excluding hydrogens is 377 g/mol. The van der Waals surface area contributed by atoms with E-state index in [9.17, 15) is 9.18 Å². The highest BCUT2D eigenvalue weighted by Gasteiger charge is 2.13. The molecule has 1 heterocycles. The summed E-state index contributed by atoms with van der Waals surface area (Å²) in [5.41, 5.74) is 6.21. The number of nitrogens with one attached hydrogen (secondary N) is 1. The van der Waals surface area contributed by atoms with Crippen molar-refractivity contribution in [1.82, 2.24) is 14.9 Å². The Bertz CT molecular complexity index is 1190. The Morgan fingerprint density at radius 2 is 1.80 bits per heavy atom. The number of halogens is 1. The van der Waals surface area contributed by atoms with Gasteiger partial charge in [-0.2, -0.15) is 0 Å². The minimum Gasteiger partial charge on any atom is -0.352 e. The fraction of sp³-hybridized carbons (Fsp3) is 0.200. The van der Waals surface area contributed by atoms with Crippen molar-refractivity contribution in [2.45, 2.75) is 26.8 Å². The van der Waals surface area contributed by atoms with Gasteiger partial charge in [0.25, 0.3) is 5.91 Å². The van der Waals surface area contributed by atoms with Crippen LogP contribution in [0.25, 0.3) is 11.0 Å². The number of carbonyl (C=O) groups excluding carboxylic acids is 1. The van der Waals surface area contributed by atoms with Gasteiger partial charge in [0.2, 0.25) is 0 Å². The molecule has 0 spiro atoms. The summed E-state index contributed by atoms with van der Waals surface area (Å²) in [7, 11) is 0. The van der Waals surface area contributed by atoms with Gasteiger partial charge in [-0.3, -0.25) is 4.79 Å². The lowest BCUT2D eigenvalue weighted by atomic mass is 10.1. The predicted molar refractivity (Wildman–Crippen MR) is 117 cm³/mol. The molecule has 5 heteroatoms. The van der Waals surface area contributed by atoms with Gasteiger partial charge in [0.15, 0.2) is 0 Å². The van der Waals surface area contributed by atoms with E-state index in [4.69, 9.17) is 4.98 Å². The minimum atomic E-state index is -0.355. The van der Waals surface area contributed by atoms with Gasteiger partial charge < -0.3 is 9.88 Å². The Morgan fingerprint density at radius 3 is 2.60 bits per heavy atom. The first-order valence-electron chi connectivity index (χ1n) is 10.1.